The number of aryl methyl sites for hydroxylation is 2. The molecule has 0 aliphatic rings. The normalized spacial score (nSPS) is 10.9. The lowest BCUT2D eigenvalue weighted by Gasteiger charge is -2.10. The van der Waals surface area contributed by atoms with E-state index in [4.69, 9.17) is 5.11 Å². The molecule has 17 heavy (non-hydrogen) atoms. The summed E-state index contributed by atoms with van der Waals surface area (Å²) in [4.78, 5) is 22.8. The van der Waals surface area contributed by atoms with Gasteiger partial charge in [-0.2, -0.15) is 9.61 Å². The van der Waals surface area contributed by atoms with Gasteiger partial charge in [-0.25, -0.2) is 4.79 Å². The minimum absolute atomic E-state index is 0.00394. The van der Waals surface area contributed by atoms with Gasteiger partial charge in [0.1, 0.15) is 11.3 Å². The third-order valence-corrected chi connectivity index (χ3v) is 2.52. The topological polar surface area (TPSA) is 76.6 Å². The molecule has 0 aliphatic carbocycles. The number of hydrogen-bond donors (Lipinski definition) is 1. The number of nitrogens with zero attached hydrogens (tertiary/aromatic N) is 3. The molecule has 0 aliphatic heterocycles. The average molecular weight is 235 g/mol. The molecule has 0 fully saturated rings. The van der Waals surface area contributed by atoms with Crippen molar-refractivity contribution in [3.8, 4) is 0 Å². The van der Waals surface area contributed by atoms with E-state index in [2.05, 4.69) is 5.10 Å². The highest BCUT2D eigenvalue weighted by atomic mass is 16.4. The number of fused-ring (bicyclic) bond motifs is 1. The van der Waals surface area contributed by atoms with Crippen LogP contribution in [0.25, 0.3) is 5.65 Å². The molecule has 0 bridgehead atoms. The average Bonchev–Trinajstić information content (AvgIpc) is 2.64. The van der Waals surface area contributed by atoms with Crippen LogP contribution in [0.5, 0.6) is 0 Å². The second-order valence-electron chi connectivity index (χ2n) is 3.88. The van der Waals surface area contributed by atoms with Gasteiger partial charge in [0.15, 0.2) is 0 Å². The Morgan fingerprint density at radius 3 is 2.76 bits per heavy atom. The quantitative estimate of drug-likeness (QED) is 0.857. The van der Waals surface area contributed by atoms with Gasteiger partial charge in [0.2, 0.25) is 0 Å². The lowest BCUT2D eigenvalue weighted by molar-refractivity contribution is 0.0684. The molecule has 6 heteroatoms. The highest BCUT2D eigenvalue weighted by Gasteiger charge is 2.15. The molecule has 0 atom stereocenters. The Hall–Kier alpha value is -2.11. The predicted molar refractivity (Wildman–Crippen MR) is 61.4 cm³/mol. The summed E-state index contributed by atoms with van der Waals surface area (Å²) in [7, 11) is 0. The van der Waals surface area contributed by atoms with Crippen molar-refractivity contribution in [1.29, 1.82) is 0 Å². The van der Waals surface area contributed by atoms with Crippen molar-refractivity contribution in [2.75, 3.05) is 0 Å². The van der Waals surface area contributed by atoms with E-state index in [1.165, 1.54) is 4.52 Å². The van der Waals surface area contributed by atoms with Crippen molar-refractivity contribution in [3.63, 3.8) is 0 Å². The van der Waals surface area contributed by atoms with Crippen molar-refractivity contribution < 1.29 is 9.90 Å². The van der Waals surface area contributed by atoms with E-state index in [-0.39, 0.29) is 5.69 Å². The summed E-state index contributed by atoms with van der Waals surface area (Å²) < 4.78 is 2.83. The van der Waals surface area contributed by atoms with Gasteiger partial charge in [-0.05, 0) is 13.3 Å². The zero-order valence-corrected chi connectivity index (χ0v) is 9.67. The summed E-state index contributed by atoms with van der Waals surface area (Å²) in [5.41, 5.74) is 0.797. The molecule has 2 rings (SSSR count). The second-order valence-corrected chi connectivity index (χ2v) is 3.88. The van der Waals surface area contributed by atoms with Crippen LogP contribution in [0.4, 0.5) is 0 Å². The van der Waals surface area contributed by atoms with Crippen LogP contribution in [0.3, 0.4) is 0 Å². The van der Waals surface area contributed by atoms with Gasteiger partial charge in [-0.1, -0.05) is 6.92 Å². The van der Waals surface area contributed by atoms with E-state index in [0.717, 1.165) is 12.5 Å². The first kappa shape index (κ1) is 11.4. The predicted octanol–water partition coefficient (Wildman–Crippen LogP) is 0.913. The molecule has 2 aromatic rings. The number of carboxylic acid groups (broad SMARTS) is 1. The molecule has 6 nitrogen and oxygen atoms in total. The lowest BCUT2D eigenvalue weighted by atomic mass is 10.3. The molecule has 2 heterocycles. The van der Waals surface area contributed by atoms with Crippen molar-refractivity contribution in [2.24, 2.45) is 0 Å². The van der Waals surface area contributed by atoms with Gasteiger partial charge in [-0.3, -0.25) is 4.79 Å². The highest BCUT2D eigenvalue weighted by molar-refractivity contribution is 5.86. The smallest absolute Gasteiger partial charge is 0.352 e. The van der Waals surface area contributed by atoms with Gasteiger partial charge in [0, 0.05) is 18.7 Å². The van der Waals surface area contributed by atoms with E-state index in [1.54, 1.807) is 17.6 Å². The number of carbonyl (C=O) groups is 1. The molecule has 0 aromatic carbocycles. The van der Waals surface area contributed by atoms with Crippen LogP contribution in [-0.2, 0) is 6.54 Å². The second kappa shape index (κ2) is 4.04. The Labute approximate surface area is 97.1 Å². The van der Waals surface area contributed by atoms with Crippen LogP contribution < -0.4 is 5.56 Å². The van der Waals surface area contributed by atoms with Crippen molar-refractivity contribution >= 4 is 11.6 Å². The highest BCUT2D eigenvalue weighted by Crippen LogP contribution is 2.09. The molecular formula is C11H13N3O3. The number of hydrogen-bond acceptors (Lipinski definition) is 3. The number of carboxylic acids is 1. The Morgan fingerprint density at radius 2 is 2.18 bits per heavy atom. The molecular weight excluding hydrogens is 222 g/mol. The van der Waals surface area contributed by atoms with E-state index in [1.807, 2.05) is 6.92 Å². The zero-order valence-electron chi connectivity index (χ0n) is 9.67. The van der Waals surface area contributed by atoms with Crippen LogP contribution in [0.15, 0.2) is 16.9 Å². The Kier molecular flexibility index (Phi) is 2.71. The maximum absolute atomic E-state index is 11.7. The molecule has 1 N–H and O–H groups in total. The van der Waals surface area contributed by atoms with Crippen LogP contribution >= 0.6 is 0 Å². The minimum Gasteiger partial charge on any atom is -0.477 e. The molecule has 0 saturated carbocycles. The van der Waals surface area contributed by atoms with Gasteiger partial charge < -0.3 is 9.67 Å². The molecule has 0 unspecified atom stereocenters. The third kappa shape index (κ3) is 1.82. The Morgan fingerprint density at radius 1 is 1.47 bits per heavy atom. The van der Waals surface area contributed by atoms with Crippen LogP contribution in [-0.4, -0.2) is 25.3 Å². The maximum Gasteiger partial charge on any atom is 0.352 e. The van der Waals surface area contributed by atoms with Crippen LogP contribution in [0, 0.1) is 6.92 Å². The monoisotopic (exact) mass is 235 g/mol. The number of aromatic carboxylic acids is 1. The zero-order chi connectivity index (χ0) is 12.6. The summed E-state index contributed by atoms with van der Waals surface area (Å²) in [6, 6.07) is 2.82. The Balaban J connectivity index is 2.86. The third-order valence-electron chi connectivity index (χ3n) is 2.52. The van der Waals surface area contributed by atoms with Crippen molar-refractivity contribution in [2.45, 2.75) is 26.8 Å². The fraction of sp³-hybridized carbons (Fsp3) is 0.364. The van der Waals surface area contributed by atoms with Gasteiger partial charge in [0.05, 0.1) is 5.69 Å². The van der Waals surface area contributed by atoms with Gasteiger partial charge >= 0.3 is 5.97 Å². The van der Waals surface area contributed by atoms with Crippen LogP contribution in [0.1, 0.15) is 29.5 Å². The minimum atomic E-state index is -1.10. The SMILES string of the molecule is CCCn1c(C(=O)O)cc(=O)n2nc(C)cc12. The van der Waals surface area contributed by atoms with Gasteiger partial charge in [-0.15, -0.1) is 0 Å². The fourth-order valence-electron chi connectivity index (χ4n) is 1.86. The summed E-state index contributed by atoms with van der Waals surface area (Å²) in [5.74, 6) is -1.10. The molecule has 0 spiro atoms. The largest absolute Gasteiger partial charge is 0.477 e. The van der Waals surface area contributed by atoms with E-state index in [9.17, 15) is 9.59 Å². The van der Waals surface area contributed by atoms with Crippen molar-refractivity contribution in [1.82, 2.24) is 14.2 Å². The fourth-order valence-corrected chi connectivity index (χ4v) is 1.86. The van der Waals surface area contributed by atoms with E-state index >= 15 is 0 Å². The van der Waals surface area contributed by atoms with Gasteiger partial charge in [0.25, 0.3) is 5.56 Å². The van der Waals surface area contributed by atoms with Crippen LogP contribution in [0.2, 0.25) is 0 Å². The number of rotatable bonds is 3. The summed E-state index contributed by atoms with van der Waals surface area (Å²) in [6.45, 7) is 4.25. The first-order valence-electron chi connectivity index (χ1n) is 5.38. The number of aromatic nitrogens is 3. The van der Waals surface area contributed by atoms with E-state index in [0.29, 0.717) is 17.9 Å². The maximum atomic E-state index is 11.7. The summed E-state index contributed by atoms with van der Waals surface area (Å²) in [6.07, 6.45) is 0.781. The summed E-state index contributed by atoms with van der Waals surface area (Å²) >= 11 is 0. The Bertz CT molecular complexity index is 639. The molecule has 0 saturated heterocycles. The molecule has 0 amide bonds. The molecule has 2 aromatic heterocycles. The first-order valence-corrected chi connectivity index (χ1v) is 5.38. The van der Waals surface area contributed by atoms with Crippen molar-refractivity contribution in [3.05, 3.63) is 33.9 Å². The molecule has 0 radical (unpaired) electrons. The standard InChI is InChI=1S/C11H13N3O3/c1-3-4-13-8(11(16)17)6-10(15)14-9(13)5-7(2)12-14/h5-6H,3-4H2,1-2H3,(H,16,17). The summed E-state index contributed by atoms with van der Waals surface area (Å²) in [5, 5.41) is 13.1. The first-order chi connectivity index (χ1) is 8.04. The van der Waals surface area contributed by atoms with E-state index < -0.39 is 11.5 Å². The lowest BCUT2D eigenvalue weighted by Crippen LogP contribution is -2.23. The molecule has 90 valence electrons.